The van der Waals surface area contributed by atoms with Crippen molar-refractivity contribution in [1.29, 1.82) is 0 Å². The molecule has 0 saturated heterocycles. The van der Waals surface area contributed by atoms with E-state index in [0.29, 0.717) is 11.7 Å². The normalized spacial score (nSPS) is 13.7. The van der Waals surface area contributed by atoms with E-state index in [2.05, 4.69) is 13.8 Å². The summed E-state index contributed by atoms with van der Waals surface area (Å²) in [6, 6.07) is 0. The van der Waals surface area contributed by atoms with E-state index in [4.69, 9.17) is 0 Å². The largest absolute Gasteiger partial charge is 0.299 e. The molecule has 60 valence electrons. The summed E-state index contributed by atoms with van der Waals surface area (Å²) in [5.41, 5.74) is 0. The van der Waals surface area contributed by atoms with Gasteiger partial charge in [-0.2, -0.15) is 0 Å². The molecule has 0 radical (unpaired) electrons. The zero-order valence-electron chi connectivity index (χ0n) is 7.48. The van der Waals surface area contributed by atoms with Gasteiger partial charge in [-0.3, -0.25) is 4.79 Å². The molecule has 1 nitrogen and oxygen atoms in total. The van der Waals surface area contributed by atoms with Crippen molar-refractivity contribution in [3.63, 3.8) is 0 Å². The number of hydrogen-bond donors (Lipinski definition) is 0. The fraction of sp³-hybridized carbons (Fsp3) is 0.889. The molecule has 0 rings (SSSR count). The summed E-state index contributed by atoms with van der Waals surface area (Å²) in [5, 5.41) is 0. The predicted molar refractivity (Wildman–Crippen MR) is 43.9 cm³/mol. The maximum absolute atomic E-state index is 11.1. The summed E-state index contributed by atoms with van der Waals surface area (Å²) in [6.07, 6.45) is 1.87. The van der Waals surface area contributed by atoms with Gasteiger partial charge in [-0.25, -0.2) is 0 Å². The molecule has 0 N–H and O–H groups in total. The topological polar surface area (TPSA) is 17.1 Å². The second kappa shape index (κ2) is 4.48. The van der Waals surface area contributed by atoms with Gasteiger partial charge in [0.1, 0.15) is 5.78 Å². The van der Waals surface area contributed by atoms with Gasteiger partial charge in [0.25, 0.3) is 0 Å². The fourth-order valence-corrected chi connectivity index (χ4v) is 0.723. The van der Waals surface area contributed by atoms with Gasteiger partial charge < -0.3 is 0 Å². The minimum atomic E-state index is 0.217. The highest BCUT2D eigenvalue weighted by Crippen LogP contribution is 2.10. The van der Waals surface area contributed by atoms with Crippen molar-refractivity contribution in [3.05, 3.63) is 0 Å². The van der Waals surface area contributed by atoms with Crippen molar-refractivity contribution in [3.8, 4) is 0 Å². The van der Waals surface area contributed by atoms with Gasteiger partial charge in [0, 0.05) is 12.3 Å². The first-order valence-corrected chi connectivity index (χ1v) is 4.10. The third-order valence-electron chi connectivity index (χ3n) is 1.89. The third-order valence-corrected chi connectivity index (χ3v) is 1.89. The van der Waals surface area contributed by atoms with Crippen LogP contribution in [0, 0.1) is 11.8 Å². The van der Waals surface area contributed by atoms with Crippen molar-refractivity contribution < 1.29 is 4.79 Å². The minimum Gasteiger partial charge on any atom is -0.299 e. The van der Waals surface area contributed by atoms with Crippen LogP contribution in [0.15, 0.2) is 0 Å². The lowest BCUT2D eigenvalue weighted by Gasteiger charge is -2.08. The van der Waals surface area contributed by atoms with Gasteiger partial charge in [-0.05, 0) is 5.92 Å². The number of carbonyl (C=O) groups excluding carboxylic acids is 1. The number of rotatable bonds is 4. The second-order valence-electron chi connectivity index (χ2n) is 3.34. The Hall–Kier alpha value is -0.330. The van der Waals surface area contributed by atoms with Crippen LogP contribution in [0.2, 0.25) is 0 Å². The predicted octanol–water partition coefficient (Wildman–Crippen LogP) is 2.65. The van der Waals surface area contributed by atoms with Crippen molar-refractivity contribution in [2.24, 2.45) is 11.8 Å². The quantitative estimate of drug-likeness (QED) is 0.589. The van der Waals surface area contributed by atoms with Crippen LogP contribution in [0.4, 0.5) is 0 Å². The van der Waals surface area contributed by atoms with Gasteiger partial charge in [-0.15, -0.1) is 0 Å². The third kappa shape index (κ3) is 3.65. The molecule has 0 aromatic carbocycles. The first-order chi connectivity index (χ1) is 4.57. The van der Waals surface area contributed by atoms with Crippen LogP contribution in [-0.2, 0) is 4.79 Å². The summed E-state index contributed by atoms with van der Waals surface area (Å²) >= 11 is 0. The maximum Gasteiger partial charge on any atom is 0.135 e. The lowest BCUT2D eigenvalue weighted by Crippen LogP contribution is -2.10. The van der Waals surface area contributed by atoms with E-state index in [1.54, 1.807) is 0 Å². The second-order valence-corrected chi connectivity index (χ2v) is 3.34. The van der Waals surface area contributed by atoms with Crippen LogP contribution >= 0.6 is 0 Å². The van der Waals surface area contributed by atoms with E-state index in [-0.39, 0.29) is 5.92 Å². The fourth-order valence-electron chi connectivity index (χ4n) is 0.723. The molecule has 1 atom stereocenters. The molecule has 0 unspecified atom stereocenters. The number of ketones is 1. The Morgan fingerprint density at radius 2 is 1.80 bits per heavy atom. The van der Waals surface area contributed by atoms with Crippen molar-refractivity contribution in [2.75, 3.05) is 0 Å². The zero-order chi connectivity index (χ0) is 8.15. The van der Waals surface area contributed by atoms with Gasteiger partial charge in [-0.1, -0.05) is 34.1 Å². The number of hydrogen-bond acceptors (Lipinski definition) is 1. The van der Waals surface area contributed by atoms with Gasteiger partial charge in [0.2, 0.25) is 0 Å². The average Bonchev–Trinajstić information content (AvgIpc) is 1.87. The van der Waals surface area contributed by atoms with E-state index >= 15 is 0 Å². The Balaban J connectivity index is 3.57. The summed E-state index contributed by atoms with van der Waals surface area (Å²) in [4.78, 5) is 11.1. The molecule has 1 heteroatoms. The molecule has 0 aliphatic heterocycles. The molecular formula is C9H18O. The van der Waals surface area contributed by atoms with E-state index in [0.717, 1.165) is 12.8 Å². The Kier molecular flexibility index (Phi) is 4.33. The molecule has 0 aromatic rings. The zero-order valence-corrected chi connectivity index (χ0v) is 7.48. The SMILES string of the molecule is CC[C@@H](C)CC(=O)C(C)C. The summed E-state index contributed by atoms with van der Waals surface area (Å²) in [5.74, 6) is 1.18. The lowest BCUT2D eigenvalue weighted by atomic mass is 9.96. The Morgan fingerprint density at radius 3 is 2.10 bits per heavy atom. The maximum atomic E-state index is 11.1. The summed E-state index contributed by atoms with van der Waals surface area (Å²) in [7, 11) is 0. The molecule has 0 amide bonds. The Labute approximate surface area is 63.8 Å². The van der Waals surface area contributed by atoms with E-state index in [1.165, 1.54) is 0 Å². The molecule has 0 saturated carbocycles. The van der Waals surface area contributed by atoms with Crippen LogP contribution in [0.25, 0.3) is 0 Å². The molecule has 0 aromatic heterocycles. The molecule has 0 spiro atoms. The van der Waals surface area contributed by atoms with Crippen LogP contribution in [0.1, 0.15) is 40.5 Å². The molecule has 0 bridgehead atoms. The monoisotopic (exact) mass is 142 g/mol. The standard InChI is InChI=1S/C9H18O/c1-5-8(4)6-9(10)7(2)3/h7-8H,5-6H2,1-4H3/t8-/m1/s1. The summed E-state index contributed by atoms with van der Waals surface area (Å²) < 4.78 is 0. The van der Waals surface area contributed by atoms with Gasteiger partial charge in [0.15, 0.2) is 0 Å². The van der Waals surface area contributed by atoms with E-state index in [1.807, 2.05) is 13.8 Å². The number of Topliss-reactive ketones (excluding diaryl/α,β-unsaturated/α-hetero) is 1. The molecule has 0 aliphatic rings. The summed E-state index contributed by atoms with van der Waals surface area (Å²) in [6.45, 7) is 8.17. The highest BCUT2D eigenvalue weighted by molar-refractivity contribution is 5.80. The highest BCUT2D eigenvalue weighted by Gasteiger charge is 2.10. The van der Waals surface area contributed by atoms with Gasteiger partial charge in [0.05, 0.1) is 0 Å². The van der Waals surface area contributed by atoms with Gasteiger partial charge >= 0.3 is 0 Å². The number of carbonyl (C=O) groups is 1. The first-order valence-electron chi connectivity index (χ1n) is 4.10. The lowest BCUT2D eigenvalue weighted by molar-refractivity contribution is -0.122. The smallest absolute Gasteiger partial charge is 0.135 e. The molecule has 10 heavy (non-hydrogen) atoms. The van der Waals surface area contributed by atoms with Crippen LogP contribution < -0.4 is 0 Å². The van der Waals surface area contributed by atoms with Crippen molar-refractivity contribution in [2.45, 2.75) is 40.5 Å². The van der Waals surface area contributed by atoms with Crippen molar-refractivity contribution in [1.82, 2.24) is 0 Å². The van der Waals surface area contributed by atoms with Crippen LogP contribution in [0.5, 0.6) is 0 Å². The van der Waals surface area contributed by atoms with E-state index in [9.17, 15) is 4.79 Å². The first kappa shape index (κ1) is 9.67. The average molecular weight is 142 g/mol. The molecular weight excluding hydrogens is 124 g/mol. The van der Waals surface area contributed by atoms with Crippen molar-refractivity contribution >= 4 is 5.78 Å². The van der Waals surface area contributed by atoms with E-state index < -0.39 is 0 Å². The minimum absolute atomic E-state index is 0.217. The highest BCUT2D eigenvalue weighted by atomic mass is 16.1. The Bertz CT molecular complexity index is 105. The molecule has 0 heterocycles. The molecule has 0 aliphatic carbocycles. The molecule has 0 fully saturated rings. The van der Waals surface area contributed by atoms with Crippen LogP contribution in [0.3, 0.4) is 0 Å². The van der Waals surface area contributed by atoms with Crippen LogP contribution in [-0.4, -0.2) is 5.78 Å². The Morgan fingerprint density at radius 1 is 1.30 bits per heavy atom.